The Balaban J connectivity index is 2.74. The van der Waals surface area contributed by atoms with Crippen molar-refractivity contribution in [2.24, 2.45) is 0 Å². The first-order valence-corrected chi connectivity index (χ1v) is 5.77. The molecule has 0 unspecified atom stereocenters. The molecule has 0 aliphatic carbocycles. The number of benzene rings is 3. The van der Waals surface area contributed by atoms with E-state index in [-0.39, 0.29) is 0 Å². The van der Waals surface area contributed by atoms with Gasteiger partial charge >= 0.3 is 0 Å². The van der Waals surface area contributed by atoms with Gasteiger partial charge < -0.3 is 0 Å². The van der Waals surface area contributed by atoms with Gasteiger partial charge in [0.1, 0.15) is 0 Å². The van der Waals surface area contributed by atoms with E-state index in [9.17, 15) is 0 Å². The number of aryl methyl sites for hydroxylation is 1. The highest BCUT2D eigenvalue weighted by Crippen LogP contribution is 2.14. The fourth-order valence-corrected chi connectivity index (χ4v) is 2.47. The molecule has 3 aromatic carbocycles. The summed E-state index contributed by atoms with van der Waals surface area (Å²) in [6.45, 7) is 10.6. The van der Waals surface area contributed by atoms with Crippen molar-refractivity contribution in [3.63, 3.8) is 0 Å². The number of rotatable bonds is 0. The molecule has 0 bridgehead atoms. The van der Waals surface area contributed by atoms with Crippen molar-refractivity contribution >= 4 is 34.7 Å². The van der Waals surface area contributed by atoms with Crippen LogP contribution in [0.25, 0.3) is 34.7 Å². The van der Waals surface area contributed by atoms with E-state index in [1.54, 1.807) is 0 Å². The highest BCUT2D eigenvalue weighted by Gasteiger charge is 2.02. The van der Waals surface area contributed by atoms with Crippen LogP contribution in [0.3, 0.4) is 0 Å². The standard InChI is InChI=1S/C17H14/c1-11-8-9-16-12(2)14-6-4-5-7-15(14)13(3)17(16)10-11/h4-10H,2-3H2,1H3. The minimum atomic E-state index is 1.10. The Labute approximate surface area is 101 Å². The Hall–Kier alpha value is -2.08. The van der Waals surface area contributed by atoms with Crippen LogP contribution in [0.2, 0.25) is 0 Å². The van der Waals surface area contributed by atoms with E-state index >= 15 is 0 Å². The monoisotopic (exact) mass is 218 g/mol. The molecule has 0 heteroatoms. The fraction of sp³-hybridized carbons (Fsp3) is 0.0588. The average Bonchev–Trinajstić information content (AvgIpc) is 2.36. The second kappa shape index (κ2) is 3.46. The summed E-state index contributed by atoms with van der Waals surface area (Å²) in [4.78, 5) is 0. The van der Waals surface area contributed by atoms with Crippen LogP contribution in [-0.4, -0.2) is 0 Å². The van der Waals surface area contributed by atoms with Gasteiger partial charge in [-0.3, -0.25) is 0 Å². The Morgan fingerprint density at radius 1 is 0.706 bits per heavy atom. The van der Waals surface area contributed by atoms with Gasteiger partial charge in [0.15, 0.2) is 0 Å². The summed E-state index contributed by atoms with van der Waals surface area (Å²) in [7, 11) is 0. The molecule has 0 spiro atoms. The van der Waals surface area contributed by atoms with Gasteiger partial charge in [0, 0.05) is 0 Å². The predicted octanol–water partition coefficient (Wildman–Crippen LogP) is 3.12. The van der Waals surface area contributed by atoms with E-state index < -0.39 is 0 Å². The Morgan fingerprint density at radius 2 is 1.24 bits per heavy atom. The van der Waals surface area contributed by atoms with Gasteiger partial charge in [0.2, 0.25) is 0 Å². The molecule has 0 atom stereocenters. The molecule has 0 saturated heterocycles. The quantitative estimate of drug-likeness (QED) is 0.509. The van der Waals surface area contributed by atoms with Crippen molar-refractivity contribution in [2.75, 3.05) is 0 Å². The fourth-order valence-electron chi connectivity index (χ4n) is 2.47. The molecule has 0 radical (unpaired) electrons. The minimum absolute atomic E-state index is 1.10. The topological polar surface area (TPSA) is 0 Å². The van der Waals surface area contributed by atoms with Crippen LogP contribution in [0, 0.1) is 6.92 Å². The van der Waals surface area contributed by atoms with Crippen LogP contribution >= 0.6 is 0 Å². The first-order chi connectivity index (χ1) is 8.18. The van der Waals surface area contributed by atoms with Crippen LogP contribution in [0.4, 0.5) is 0 Å². The van der Waals surface area contributed by atoms with Crippen LogP contribution in [0.1, 0.15) is 5.56 Å². The van der Waals surface area contributed by atoms with Gasteiger partial charge in [-0.05, 0) is 38.9 Å². The number of hydrogen-bond donors (Lipinski definition) is 0. The maximum Gasteiger partial charge on any atom is -0.0102 e. The van der Waals surface area contributed by atoms with Crippen LogP contribution in [0.15, 0.2) is 42.5 Å². The van der Waals surface area contributed by atoms with Crippen molar-refractivity contribution in [2.45, 2.75) is 6.92 Å². The number of fused-ring (bicyclic) bond motifs is 2. The van der Waals surface area contributed by atoms with Gasteiger partial charge in [0.05, 0.1) is 0 Å². The van der Waals surface area contributed by atoms with Crippen LogP contribution in [-0.2, 0) is 0 Å². The summed E-state index contributed by atoms with van der Waals surface area (Å²) in [6.07, 6.45) is 0. The Morgan fingerprint density at radius 3 is 1.88 bits per heavy atom. The van der Waals surface area contributed by atoms with Crippen LogP contribution in [0.5, 0.6) is 0 Å². The SMILES string of the molecule is C=c1c2ccccc2c(=C)c2cc(C)ccc12. The molecule has 3 rings (SSSR count). The predicted molar refractivity (Wildman–Crippen MR) is 76.5 cm³/mol. The molecule has 0 saturated carbocycles. The summed E-state index contributed by atoms with van der Waals surface area (Å²) < 4.78 is 0. The third-order valence-electron chi connectivity index (χ3n) is 3.40. The molecule has 17 heavy (non-hydrogen) atoms. The molecule has 0 amide bonds. The van der Waals surface area contributed by atoms with E-state index in [4.69, 9.17) is 0 Å². The Kier molecular flexibility index (Phi) is 2.05. The van der Waals surface area contributed by atoms with E-state index in [2.05, 4.69) is 62.5 Å². The molecular weight excluding hydrogens is 204 g/mol. The van der Waals surface area contributed by atoms with Gasteiger partial charge in [-0.15, -0.1) is 0 Å². The zero-order valence-corrected chi connectivity index (χ0v) is 9.96. The van der Waals surface area contributed by atoms with E-state index in [0.717, 1.165) is 10.4 Å². The third-order valence-corrected chi connectivity index (χ3v) is 3.40. The minimum Gasteiger partial charge on any atom is -0.0905 e. The average molecular weight is 218 g/mol. The largest absolute Gasteiger partial charge is 0.0905 e. The molecule has 0 nitrogen and oxygen atoms in total. The molecule has 3 aromatic rings. The third kappa shape index (κ3) is 1.38. The van der Waals surface area contributed by atoms with E-state index in [1.807, 2.05) is 0 Å². The summed E-state index contributed by atoms with van der Waals surface area (Å²) in [5, 5.41) is 7.03. The van der Waals surface area contributed by atoms with Crippen LogP contribution < -0.4 is 10.4 Å². The number of hydrogen-bond acceptors (Lipinski definition) is 0. The van der Waals surface area contributed by atoms with Gasteiger partial charge in [0.25, 0.3) is 0 Å². The highest BCUT2D eigenvalue weighted by atomic mass is 14.1. The maximum absolute atomic E-state index is 4.23. The highest BCUT2D eigenvalue weighted by molar-refractivity contribution is 5.99. The second-order valence-corrected chi connectivity index (χ2v) is 4.55. The smallest absolute Gasteiger partial charge is 0.0102 e. The molecular formula is C17H14. The molecule has 0 aliphatic heterocycles. The molecule has 82 valence electrons. The second-order valence-electron chi connectivity index (χ2n) is 4.55. The van der Waals surface area contributed by atoms with E-state index in [0.29, 0.717) is 0 Å². The van der Waals surface area contributed by atoms with Crippen molar-refractivity contribution in [1.82, 2.24) is 0 Å². The summed E-state index contributed by atoms with van der Waals surface area (Å²) in [5.41, 5.74) is 1.26. The molecule has 0 aliphatic rings. The van der Waals surface area contributed by atoms with Crippen molar-refractivity contribution in [3.05, 3.63) is 58.5 Å². The zero-order chi connectivity index (χ0) is 12.0. The lowest BCUT2D eigenvalue weighted by molar-refractivity contribution is 1.50. The van der Waals surface area contributed by atoms with Gasteiger partial charge in [-0.1, -0.05) is 61.2 Å². The first-order valence-electron chi connectivity index (χ1n) is 5.77. The van der Waals surface area contributed by atoms with Gasteiger partial charge in [-0.2, -0.15) is 0 Å². The molecule has 0 aromatic heterocycles. The lowest BCUT2D eigenvalue weighted by Crippen LogP contribution is -2.12. The van der Waals surface area contributed by atoms with Crippen molar-refractivity contribution in [3.8, 4) is 0 Å². The van der Waals surface area contributed by atoms with Crippen molar-refractivity contribution in [1.29, 1.82) is 0 Å². The van der Waals surface area contributed by atoms with Gasteiger partial charge in [-0.25, -0.2) is 0 Å². The normalized spacial score (nSPS) is 11.1. The maximum atomic E-state index is 4.23. The first kappa shape index (κ1) is 10.1. The molecule has 0 fully saturated rings. The van der Waals surface area contributed by atoms with E-state index in [1.165, 1.54) is 27.1 Å². The molecule has 0 N–H and O–H groups in total. The zero-order valence-electron chi connectivity index (χ0n) is 9.96. The summed E-state index contributed by atoms with van der Waals surface area (Å²) in [6, 6.07) is 14.8. The summed E-state index contributed by atoms with van der Waals surface area (Å²) in [5.74, 6) is 0. The summed E-state index contributed by atoms with van der Waals surface area (Å²) >= 11 is 0. The Bertz CT molecular complexity index is 826. The lowest BCUT2D eigenvalue weighted by Gasteiger charge is -2.06. The molecule has 0 heterocycles. The van der Waals surface area contributed by atoms with Crippen molar-refractivity contribution < 1.29 is 0 Å². The lowest BCUT2D eigenvalue weighted by atomic mass is 9.98.